The van der Waals surface area contributed by atoms with Crippen molar-refractivity contribution in [3.8, 4) is 11.5 Å². The van der Waals surface area contributed by atoms with Gasteiger partial charge in [0.1, 0.15) is 0 Å². The Morgan fingerprint density at radius 2 is 2.17 bits per heavy atom. The zero-order valence-corrected chi connectivity index (χ0v) is 13.2. The molecule has 0 radical (unpaired) electrons. The van der Waals surface area contributed by atoms with Crippen molar-refractivity contribution in [1.29, 1.82) is 0 Å². The van der Waals surface area contributed by atoms with Crippen molar-refractivity contribution in [3.63, 3.8) is 0 Å². The van der Waals surface area contributed by atoms with Gasteiger partial charge in [0.05, 0.1) is 5.56 Å². The van der Waals surface area contributed by atoms with Gasteiger partial charge >= 0.3 is 0 Å². The van der Waals surface area contributed by atoms with Gasteiger partial charge in [0.15, 0.2) is 0 Å². The molecule has 0 saturated heterocycles. The summed E-state index contributed by atoms with van der Waals surface area (Å²) in [5.41, 5.74) is 3.55. The van der Waals surface area contributed by atoms with Crippen molar-refractivity contribution < 1.29 is 9.21 Å². The number of rotatable bonds is 3. The summed E-state index contributed by atoms with van der Waals surface area (Å²) in [4.78, 5) is 14.0. The molecule has 1 aliphatic rings. The minimum absolute atomic E-state index is 0.0490. The summed E-state index contributed by atoms with van der Waals surface area (Å²) in [5, 5.41) is 12.5. The van der Waals surface area contributed by atoms with Crippen LogP contribution in [0.15, 0.2) is 40.5 Å². The lowest BCUT2D eigenvalue weighted by molar-refractivity contribution is 0.102. The average molecular weight is 325 g/mol. The molecule has 1 N–H and O–H groups in total. The first kappa shape index (κ1) is 14.1. The number of fused-ring (bicyclic) bond motifs is 1. The van der Waals surface area contributed by atoms with Gasteiger partial charge in [0.2, 0.25) is 12.3 Å². The zero-order chi connectivity index (χ0) is 15.6. The van der Waals surface area contributed by atoms with Crippen LogP contribution in [-0.2, 0) is 12.8 Å². The van der Waals surface area contributed by atoms with E-state index in [0.29, 0.717) is 5.89 Å². The van der Waals surface area contributed by atoms with Crippen molar-refractivity contribution in [1.82, 2.24) is 10.2 Å². The Morgan fingerprint density at radius 1 is 1.26 bits per heavy atom. The fraction of sp³-hybridized carbons (Fsp3) is 0.235. The average Bonchev–Trinajstić information content (AvgIpc) is 3.25. The quantitative estimate of drug-likeness (QED) is 0.792. The molecule has 6 heteroatoms. The second-order valence-electron chi connectivity index (χ2n) is 5.54. The summed E-state index contributed by atoms with van der Waals surface area (Å²) in [6.45, 7) is 0. The highest BCUT2D eigenvalue weighted by molar-refractivity contribution is 7.10. The molecular formula is C17H15N3O2S. The van der Waals surface area contributed by atoms with E-state index >= 15 is 0 Å². The van der Waals surface area contributed by atoms with Crippen LogP contribution < -0.4 is 5.32 Å². The second-order valence-corrected chi connectivity index (χ2v) is 6.50. The largest absolute Gasteiger partial charge is 0.423 e. The van der Waals surface area contributed by atoms with E-state index in [1.807, 2.05) is 29.6 Å². The molecule has 1 amide bonds. The van der Waals surface area contributed by atoms with E-state index in [-0.39, 0.29) is 5.91 Å². The number of thiophene rings is 1. The Labute approximate surface area is 137 Å². The fourth-order valence-corrected chi connectivity index (χ4v) is 4.04. The molecule has 116 valence electrons. The number of hydrogen-bond donors (Lipinski definition) is 1. The SMILES string of the molecule is O=C(Nc1cccc(-c2nnco2)c1)c1csc2c1CCCC2. The number of aromatic nitrogens is 2. The summed E-state index contributed by atoms with van der Waals surface area (Å²) in [6.07, 6.45) is 5.78. The number of aryl methyl sites for hydroxylation is 1. The van der Waals surface area contributed by atoms with Crippen LogP contribution in [0.25, 0.3) is 11.5 Å². The molecule has 0 aliphatic heterocycles. The summed E-state index contributed by atoms with van der Waals surface area (Å²) >= 11 is 1.70. The third-order valence-electron chi connectivity index (χ3n) is 4.03. The first-order valence-corrected chi connectivity index (χ1v) is 8.46. The number of nitrogens with one attached hydrogen (secondary N) is 1. The Bertz CT molecular complexity index is 839. The van der Waals surface area contributed by atoms with Crippen LogP contribution in [0.1, 0.15) is 33.6 Å². The monoisotopic (exact) mass is 325 g/mol. The Kier molecular flexibility index (Phi) is 3.67. The minimum atomic E-state index is -0.0490. The second kappa shape index (κ2) is 5.96. The molecule has 2 heterocycles. The molecule has 5 nitrogen and oxygen atoms in total. The molecule has 0 saturated carbocycles. The fourth-order valence-electron chi connectivity index (χ4n) is 2.91. The standard InChI is InChI=1S/C17H15N3O2S/c21-16(14-9-23-15-7-2-1-6-13(14)15)19-12-5-3-4-11(8-12)17-20-18-10-22-17/h3-5,8-10H,1-2,6-7H2,(H,19,21). The number of benzene rings is 1. The topological polar surface area (TPSA) is 68.0 Å². The molecule has 0 bridgehead atoms. The first-order valence-electron chi connectivity index (χ1n) is 7.58. The lowest BCUT2D eigenvalue weighted by Crippen LogP contribution is -2.14. The van der Waals surface area contributed by atoms with Gasteiger partial charge in [-0.3, -0.25) is 4.79 Å². The van der Waals surface area contributed by atoms with E-state index in [4.69, 9.17) is 4.42 Å². The van der Waals surface area contributed by atoms with Crippen LogP contribution in [0.2, 0.25) is 0 Å². The molecular weight excluding hydrogens is 310 g/mol. The van der Waals surface area contributed by atoms with E-state index in [9.17, 15) is 4.79 Å². The van der Waals surface area contributed by atoms with E-state index in [1.165, 1.54) is 23.3 Å². The molecule has 0 atom stereocenters. The van der Waals surface area contributed by atoms with Crippen molar-refractivity contribution in [2.45, 2.75) is 25.7 Å². The lowest BCUT2D eigenvalue weighted by atomic mass is 9.95. The van der Waals surface area contributed by atoms with E-state index < -0.39 is 0 Å². The van der Waals surface area contributed by atoms with Crippen LogP contribution in [0, 0.1) is 0 Å². The van der Waals surface area contributed by atoms with Crippen LogP contribution >= 0.6 is 11.3 Å². The third-order valence-corrected chi connectivity index (χ3v) is 5.12. The van der Waals surface area contributed by atoms with Gasteiger partial charge in [0, 0.05) is 21.5 Å². The summed E-state index contributed by atoms with van der Waals surface area (Å²) in [7, 11) is 0. The Hall–Kier alpha value is -2.47. The molecule has 23 heavy (non-hydrogen) atoms. The normalized spacial score (nSPS) is 13.6. The number of carbonyl (C=O) groups is 1. The number of anilines is 1. The Morgan fingerprint density at radius 3 is 3.04 bits per heavy atom. The highest BCUT2D eigenvalue weighted by atomic mass is 32.1. The van der Waals surface area contributed by atoms with Crippen molar-refractivity contribution in [3.05, 3.63) is 52.0 Å². The van der Waals surface area contributed by atoms with Crippen LogP contribution in [0.3, 0.4) is 0 Å². The molecule has 1 aliphatic carbocycles. The number of amides is 1. The van der Waals surface area contributed by atoms with Gasteiger partial charge in [-0.2, -0.15) is 0 Å². The molecule has 0 spiro atoms. The van der Waals surface area contributed by atoms with Gasteiger partial charge in [-0.1, -0.05) is 6.07 Å². The zero-order valence-electron chi connectivity index (χ0n) is 12.4. The van der Waals surface area contributed by atoms with Crippen molar-refractivity contribution in [2.75, 3.05) is 5.32 Å². The molecule has 4 rings (SSSR count). The van der Waals surface area contributed by atoms with Crippen LogP contribution in [-0.4, -0.2) is 16.1 Å². The van der Waals surface area contributed by atoms with Gasteiger partial charge in [0.25, 0.3) is 5.91 Å². The predicted molar refractivity (Wildman–Crippen MR) is 88.6 cm³/mol. The van der Waals surface area contributed by atoms with Crippen LogP contribution in [0.5, 0.6) is 0 Å². The highest BCUT2D eigenvalue weighted by Crippen LogP contribution is 2.31. The molecule has 0 fully saturated rings. The van der Waals surface area contributed by atoms with Crippen molar-refractivity contribution in [2.24, 2.45) is 0 Å². The van der Waals surface area contributed by atoms with Gasteiger partial charge < -0.3 is 9.73 Å². The van der Waals surface area contributed by atoms with E-state index in [2.05, 4.69) is 15.5 Å². The van der Waals surface area contributed by atoms with E-state index in [1.54, 1.807) is 11.3 Å². The molecule has 1 aromatic carbocycles. The summed E-state index contributed by atoms with van der Waals surface area (Å²) < 4.78 is 5.19. The maximum absolute atomic E-state index is 12.6. The molecule has 2 aromatic heterocycles. The van der Waals surface area contributed by atoms with Crippen molar-refractivity contribution >= 4 is 22.9 Å². The minimum Gasteiger partial charge on any atom is -0.423 e. The maximum Gasteiger partial charge on any atom is 0.256 e. The number of hydrogen-bond acceptors (Lipinski definition) is 5. The van der Waals surface area contributed by atoms with Gasteiger partial charge in [-0.15, -0.1) is 21.5 Å². The Balaban J connectivity index is 1.57. The number of nitrogens with zero attached hydrogens (tertiary/aromatic N) is 2. The smallest absolute Gasteiger partial charge is 0.256 e. The maximum atomic E-state index is 12.6. The highest BCUT2D eigenvalue weighted by Gasteiger charge is 2.20. The number of carbonyl (C=O) groups excluding carboxylic acids is 1. The molecule has 3 aromatic rings. The van der Waals surface area contributed by atoms with E-state index in [0.717, 1.165) is 36.1 Å². The van der Waals surface area contributed by atoms with Gasteiger partial charge in [-0.05, 0) is 49.4 Å². The predicted octanol–water partition coefficient (Wildman–Crippen LogP) is 3.93. The van der Waals surface area contributed by atoms with Crippen LogP contribution in [0.4, 0.5) is 5.69 Å². The first-order chi connectivity index (χ1) is 11.3. The third kappa shape index (κ3) is 2.77. The van der Waals surface area contributed by atoms with Gasteiger partial charge in [-0.25, -0.2) is 0 Å². The summed E-state index contributed by atoms with van der Waals surface area (Å²) in [6, 6.07) is 7.43. The lowest BCUT2D eigenvalue weighted by Gasteiger charge is -2.13. The summed E-state index contributed by atoms with van der Waals surface area (Å²) in [5.74, 6) is 0.390. The molecule has 0 unspecified atom stereocenters.